The molecule has 22 heavy (non-hydrogen) atoms. The third-order valence-electron chi connectivity index (χ3n) is 4.15. The summed E-state index contributed by atoms with van der Waals surface area (Å²) in [6.07, 6.45) is 3.71. The minimum atomic E-state index is 0.415. The van der Waals surface area contributed by atoms with E-state index in [1.165, 1.54) is 17.7 Å². The van der Waals surface area contributed by atoms with Crippen molar-refractivity contribution >= 4 is 28.9 Å². The Morgan fingerprint density at radius 1 is 1.50 bits per heavy atom. The number of guanidine groups is 1. The van der Waals surface area contributed by atoms with E-state index >= 15 is 0 Å². The molecule has 1 aliphatic carbocycles. The second kappa shape index (κ2) is 8.18. The van der Waals surface area contributed by atoms with E-state index in [9.17, 15) is 0 Å². The zero-order chi connectivity index (χ0) is 16.0. The van der Waals surface area contributed by atoms with Crippen molar-refractivity contribution in [3.8, 4) is 0 Å². The highest BCUT2D eigenvalue weighted by Crippen LogP contribution is 2.48. The molecule has 0 spiro atoms. The van der Waals surface area contributed by atoms with Gasteiger partial charge in [0.05, 0.1) is 10.9 Å². The van der Waals surface area contributed by atoms with Gasteiger partial charge in [0.2, 0.25) is 0 Å². The van der Waals surface area contributed by atoms with E-state index in [0.29, 0.717) is 5.41 Å². The molecule has 0 amide bonds. The topological polar surface area (TPSA) is 36.9 Å². The van der Waals surface area contributed by atoms with Crippen LogP contribution in [0.1, 0.15) is 31.1 Å². The standard InChI is InChI=1S/C16H26ClN3OS/c1-4-21-10-9-16(7-8-16)12-19-15(18-2)20(3)11-13-5-6-14(17)22-13/h5-6H,4,7-12H2,1-3H3,(H,18,19). The summed E-state index contributed by atoms with van der Waals surface area (Å²) in [6, 6.07) is 4.01. The summed E-state index contributed by atoms with van der Waals surface area (Å²) in [5.41, 5.74) is 0.415. The lowest BCUT2D eigenvalue weighted by Gasteiger charge is -2.24. The largest absolute Gasteiger partial charge is 0.382 e. The van der Waals surface area contributed by atoms with Crippen LogP contribution in [0.4, 0.5) is 0 Å². The van der Waals surface area contributed by atoms with Crippen LogP contribution < -0.4 is 5.32 Å². The zero-order valence-corrected chi connectivity index (χ0v) is 15.3. The molecular weight excluding hydrogens is 318 g/mol. The molecule has 1 aromatic heterocycles. The molecule has 1 heterocycles. The Hall–Kier alpha value is -0.780. The summed E-state index contributed by atoms with van der Waals surface area (Å²) in [5.74, 6) is 0.937. The van der Waals surface area contributed by atoms with E-state index in [2.05, 4.69) is 28.3 Å². The summed E-state index contributed by atoms with van der Waals surface area (Å²) in [6.45, 7) is 5.51. The van der Waals surface area contributed by atoms with Gasteiger partial charge in [0, 0.05) is 38.7 Å². The summed E-state index contributed by atoms with van der Waals surface area (Å²) in [4.78, 5) is 7.77. The van der Waals surface area contributed by atoms with Gasteiger partial charge in [0.1, 0.15) is 0 Å². The zero-order valence-electron chi connectivity index (χ0n) is 13.7. The number of ether oxygens (including phenoxy) is 1. The van der Waals surface area contributed by atoms with Gasteiger partial charge in [-0.2, -0.15) is 0 Å². The monoisotopic (exact) mass is 343 g/mol. The molecule has 0 bridgehead atoms. The average molecular weight is 344 g/mol. The highest BCUT2D eigenvalue weighted by Gasteiger charge is 2.42. The van der Waals surface area contributed by atoms with E-state index in [-0.39, 0.29) is 0 Å². The molecule has 0 aliphatic heterocycles. The van der Waals surface area contributed by atoms with E-state index in [0.717, 1.165) is 43.0 Å². The van der Waals surface area contributed by atoms with Gasteiger partial charge in [0.15, 0.2) is 5.96 Å². The van der Waals surface area contributed by atoms with Gasteiger partial charge in [-0.05, 0) is 43.7 Å². The summed E-state index contributed by atoms with van der Waals surface area (Å²) >= 11 is 7.61. The van der Waals surface area contributed by atoms with E-state index < -0.39 is 0 Å². The van der Waals surface area contributed by atoms with Crippen molar-refractivity contribution in [3.63, 3.8) is 0 Å². The molecule has 1 aromatic rings. The molecule has 1 N–H and O–H groups in total. The Bertz CT molecular complexity index is 499. The molecule has 4 nitrogen and oxygen atoms in total. The van der Waals surface area contributed by atoms with E-state index in [1.54, 1.807) is 11.3 Å². The first-order valence-corrected chi connectivity index (χ1v) is 9.02. The number of halogens is 1. The Morgan fingerprint density at radius 3 is 2.82 bits per heavy atom. The predicted octanol–water partition coefficient (Wildman–Crippen LogP) is 3.62. The van der Waals surface area contributed by atoms with Gasteiger partial charge >= 0.3 is 0 Å². The van der Waals surface area contributed by atoms with Gasteiger partial charge in [-0.15, -0.1) is 11.3 Å². The van der Waals surface area contributed by atoms with Crippen molar-refractivity contribution in [2.75, 3.05) is 33.9 Å². The highest BCUT2D eigenvalue weighted by atomic mass is 35.5. The number of hydrogen-bond acceptors (Lipinski definition) is 3. The van der Waals surface area contributed by atoms with Crippen LogP contribution in [-0.2, 0) is 11.3 Å². The molecule has 1 fully saturated rings. The van der Waals surface area contributed by atoms with Crippen LogP contribution >= 0.6 is 22.9 Å². The SMILES string of the molecule is CCOCCC1(CNC(=NC)N(C)Cc2ccc(Cl)s2)CC1. The minimum Gasteiger partial charge on any atom is -0.382 e. The van der Waals surface area contributed by atoms with Crippen LogP contribution in [0, 0.1) is 5.41 Å². The van der Waals surface area contributed by atoms with Crippen molar-refractivity contribution in [1.82, 2.24) is 10.2 Å². The first-order valence-electron chi connectivity index (χ1n) is 7.82. The molecule has 0 aromatic carbocycles. The Labute approximate surface area is 142 Å². The maximum absolute atomic E-state index is 5.99. The maximum Gasteiger partial charge on any atom is 0.193 e. The first-order chi connectivity index (χ1) is 10.6. The summed E-state index contributed by atoms with van der Waals surface area (Å²) in [5, 5.41) is 3.52. The van der Waals surface area contributed by atoms with Gasteiger partial charge < -0.3 is 15.0 Å². The van der Waals surface area contributed by atoms with Gasteiger partial charge in [-0.3, -0.25) is 4.99 Å². The first kappa shape index (κ1) is 17.6. The number of rotatable bonds is 8. The maximum atomic E-state index is 5.99. The molecule has 0 radical (unpaired) electrons. The molecule has 0 saturated heterocycles. The molecule has 124 valence electrons. The highest BCUT2D eigenvalue weighted by molar-refractivity contribution is 7.16. The Balaban J connectivity index is 1.79. The van der Waals surface area contributed by atoms with Gasteiger partial charge in [-0.25, -0.2) is 0 Å². The Kier molecular flexibility index (Phi) is 6.53. The van der Waals surface area contributed by atoms with Crippen LogP contribution in [0.5, 0.6) is 0 Å². The normalized spacial score (nSPS) is 16.6. The third kappa shape index (κ3) is 5.14. The smallest absolute Gasteiger partial charge is 0.193 e. The van der Waals surface area contributed by atoms with Crippen LogP contribution in [0.15, 0.2) is 17.1 Å². The number of nitrogens with one attached hydrogen (secondary N) is 1. The molecule has 2 rings (SSSR count). The number of thiophene rings is 1. The molecule has 6 heteroatoms. The van der Waals surface area contributed by atoms with Crippen molar-refractivity contribution in [1.29, 1.82) is 0 Å². The third-order valence-corrected chi connectivity index (χ3v) is 5.37. The summed E-state index contributed by atoms with van der Waals surface area (Å²) in [7, 11) is 3.89. The van der Waals surface area contributed by atoms with Gasteiger partial charge in [0.25, 0.3) is 0 Å². The van der Waals surface area contributed by atoms with Crippen LogP contribution in [-0.4, -0.2) is 44.7 Å². The second-order valence-electron chi connectivity index (χ2n) is 5.91. The van der Waals surface area contributed by atoms with Crippen LogP contribution in [0.2, 0.25) is 4.34 Å². The molecule has 0 unspecified atom stereocenters. The van der Waals surface area contributed by atoms with Crippen molar-refractivity contribution in [3.05, 3.63) is 21.3 Å². The average Bonchev–Trinajstić information content (AvgIpc) is 3.14. The Morgan fingerprint density at radius 2 is 2.27 bits per heavy atom. The number of hydrogen-bond donors (Lipinski definition) is 1. The lowest BCUT2D eigenvalue weighted by molar-refractivity contribution is 0.128. The minimum absolute atomic E-state index is 0.415. The fourth-order valence-electron chi connectivity index (χ4n) is 2.52. The van der Waals surface area contributed by atoms with E-state index in [4.69, 9.17) is 16.3 Å². The molecule has 1 saturated carbocycles. The second-order valence-corrected chi connectivity index (χ2v) is 7.71. The number of nitrogens with zero attached hydrogens (tertiary/aromatic N) is 2. The van der Waals surface area contributed by atoms with Crippen molar-refractivity contribution < 1.29 is 4.74 Å². The van der Waals surface area contributed by atoms with Crippen molar-refractivity contribution in [2.45, 2.75) is 32.7 Å². The fourth-order valence-corrected chi connectivity index (χ4v) is 3.66. The van der Waals surface area contributed by atoms with E-state index in [1.807, 2.05) is 20.0 Å². The summed E-state index contributed by atoms with van der Waals surface area (Å²) < 4.78 is 6.32. The van der Waals surface area contributed by atoms with Crippen LogP contribution in [0.25, 0.3) is 0 Å². The fraction of sp³-hybridized carbons (Fsp3) is 0.688. The number of aliphatic imine (C=N–C) groups is 1. The molecule has 1 aliphatic rings. The van der Waals surface area contributed by atoms with Crippen LogP contribution in [0.3, 0.4) is 0 Å². The lowest BCUT2D eigenvalue weighted by Crippen LogP contribution is -2.41. The van der Waals surface area contributed by atoms with Crippen molar-refractivity contribution in [2.24, 2.45) is 10.4 Å². The predicted molar refractivity (Wildman–Crippen MR) is 94.9 cm³/mol. The van der Waals surface area contributed by atoms with Gasteiger partial charge in [-0.1, -0.05) is 11.6 Å². The quantitative estimate of drug-likeness (QED) is 0.445. The molecular formula is C16H26ClN3OS. The molecule has 0 atom stereocenters. The lowest BCUT2D eigenvalue weighted by atomic mass is 10.0.